The lowest BCUT2D eigenvalue weighted by Gasteiger charge is -2.24. The topological polar surface area (TPSA) is 49.5 Å². The first-order valence-electron chi connectivity index (χ1n) is 6.62. The van der Waals surface area contributed by atoms with Gasteiger partial charge in [0.05, 0.1) is 5.56 Å². The number of hydrogen-bond donors (Lipinski definition) is 2. The van der Waals surface area contributed by atoms with E-state index in [1.165, 1.54) is 6.07 Å². The predicted octanol–water partition coefficient (Wildman–Crippen LogP) is 2.76. The number of alkyl halides is 3. The largest absolute Gasteiger partial charge is 0.418 e. The van der Waals surface area contributed by atoms with Crippen LogP contribution in [0.15, 0.2) is 18.2 Å². The Hall–Kier alpha value is -1.27. The van der Waals surface area contributed by atoms with Crippen LogP contribution in [0.1, 0.15) is 30.4 Å². The zero-order chi connectivity index (χ0) is 15.2. The second kappa shape index (κ2) is 7.50. The van der Waals surface area contributed by atoms with E-state index in [9.17, 15) is 13.2 Å². The molecule has 1 rings (SSSR count). The fraction of sp³-hybridized carbons (Fsp3) is 0.571. The molecule has 0 saturated heterocycles. The highest BCUT2D eigenvalue weighted by molar-refractivity contribution is 5.56. The minimum Gasteiger partial charge on any atom is -0.396 e. The summed E-state index contributed by atoms with van der Waals surface area (Å²) in [4.78, 5) is 1.60. The molecule has 0 atom stereocenters. The Labute approximate surface area is 117 Å². The van der Waals surface area contributed by atoms with Crippen molar-refractivity contribution in [1.82, 2.24) is 0 Å². The number of rotatable bonds is 7. The van der Waals surface area contributed by atoms with Crippen molar-refractivity contribution in [1.29, 1.82) is 0 Å². The fourth-order valence-corrected chi connectivity index (χ4v) is 2.03. The van der Waals surface area contributed by atoms with Crippen molar-refractivity contribution in [2.75, 3.05) is 25.1 Å². The van der Waals surface area contributed by atoms with E-state index in [-0.39, 0.29) is 18.8 Å². The lowest BCUT2D eigenvalue weighted by molar-refractivity contribution is -0.137. The van der Waals surface area contributed by atoms with Crippen LogP contribution in [0.2, 0.25) is 0 Å². The highest BCUT2D eigenvalue weighted by Gasteiger charge is 2.34. The first-order valence-corrected chi connectivity index (χ1v) is 6.62. The van der Waals surface area contributed by atoms with Crippen LogP contribution >= 0.6 is 0 Å². The minimum atomic E-state index is -4.39. The van der Waals surface area contributed by atoms with Gasteiger partial charge in [0.2, 0.25) is 0 Å². The molecule has 0 heterocycles. The quantitative estimate of drug-likeness (QED) is 0.759. The monoisotopic (exact) mass is 290 g/mol. The average Bonchev–Trinajstić information content (AvgIpc) is 2.41. The number of halogens is 3. The Bertz CT molecular complexity index is 421. The van der Waals surface area contributed by atoms with E-state index in [2.05, 4.69) is 0 Å². The molecule has 20 heavy (non-hydrogen) atoms. The van der Waals surface area contributed by atoms with Crippen LogP contribution in [-0.2, 0) is 12.7 Å². The fourth-order valence-electron chi connectivity index (χ4n) is 2.03. The highest BCUT2D eigenvalue weighted by Crippen LogP contribution is 2.37. The van der Waals surface area contributed by atoms with Gasteiger partial charge >= 0.3 is 6.18 Å². The molecular formula is C14H21F3N2O. The average molecular weight is 290 g/mol. The first-order chi connectivity index (χ1) is 9.40. The van der Waals surface area contributed by atoms with Gasteiger partial charge in [0.15, 0.2) is 0 Å². The van der Waals surface area contributed by atoms with E-state index in [1.807, 2.05) is 0 Å². The van der Waals surface area contributed by atoms with Crippen molar-refractivity contribution in [3.05, 3.63) is 29.3 Å². The third-order valence-corrected chi connectivity index (χ3v) is 3.16. The van der Waals surface area contributed by atoms with E-state index in [0.29, 0.717) is 18.5 Å². The minimum absolute atomic E-state index is 0.0869. The van der Waals surface area contributed by atoms with Crippen LogP contribution in [0.3, 0.4) is 0 Å². The zero-order valence-corrected chi connectivity index (χ0v) is 11.6. The molecule has 0 aliphatic rings. The van der Waals surface area contributed by atoms with Crippen LogP contribution < -0.4 is 10.6 Å². The molecular weight excluding hydrogens is 269 g/mol. The molecule has 0 radical (unpaired) electrons. The maximum absolute atomic E-state index is 13.1. The Morgan fingerprint density at radius 2 is 1.90 bits per heavy atom. The Balaban J connectivity index is 2.87. The maximum Gasteiger partial charge on any atom is 0.418 e. The Morgan fingerprint density at radius 1 is 1.20 bits per heavy atom. The van der Waals surface area contributed by atoms with Gasteiger partial charge in [0, 0.05) is 32.4 Å². The van der Waals surface area contributed by atoms with Crippen molar-refractivity contribution in [3.8, 4) is 0 Å². The van der Waals surface area contributed by atoms with Crippen molar-refractivity contribution in [3.63, 3.8) is 0 Å². The molecule has 0 aliphatic heterocycles. The number of hydrogen-bond acceptors (Lipinski definition) is 3. The molecule has 114 valence electrons. The summed E-state index contributed by atoms with van der Waals surface area (Å²) < 4.78 is 39.2. The lowest BCUT2D eigenvalue weighted by atomic mass is 10.1. The van der Waals surface area contributed by atoms with Gasteiger partial charge in [-0.15, -0.1) is 0 Å². The van der Waals surface area contributed by atoms with Gasteiger partial charge in [-0.05, 0) is 37.0 Å². The lowest BCUT2D eigenvalue weighted by Crippen LogP contribution is -2.23. The molecule has 0 spiro atoms. The van der Waals surface area contributed by atoms with Gasteiger partial charge in [0.1, 0.15) is 0 Å². The molecule has 3 N–H and O–H groups in total. The van der Waals surface area contributed by atoms with Gasteiger partial charge in [-0.3, -0.25) is 0 Å². The molecule has 0 amide bonds. The summed E-state index contributed by atoms with van der Waals surface area (Å²) >= 11 is 0. The molecule has 1 aromatic rings. The number of nitrogens with two attached hydrogens (primary N) is 1. The molecule has 6 heteroatoms. The number of benzene rings is 1. The van der Waals surface area contributed by atoms with Crippen molar-refractivity contribution in [2.45, 2.75) is 32.0 Å². The summed E-state index contributed by atoms with van der Waals surface area (Å²) in [5.41, 5.74) is 5.38. The third-order valence-electron chi connectivity index (χ3n) is 3.16. The molecule has 0 aromatic heterocycles. The van der Waals surface area contributed by atoms with E-state index in [1.54, 1.807) is 18.0 Å². The van der Waals surface area contributed by atoms with Crippen molar-refractivity contribution >= 4 is 5.69 Å². The van der Waals surface area contributed by atoms with Crippen LogP contribution in [0.5, 0.6) is 0 Å². The second-order valence-electron chi connectivity index (χ2n) is 4.76. The molecule has 0 unspecified atom stereocenters. The van der Waals surface area contributed by atoms with E-state index in [4.69, 9.17) is 10.8 Å². The van der Waals surface area contributed by atoms with Crippen LogP contribution in [-0.4, -0.2) is 25.3 Å². The second-order valence-corrected chi connectivity index (χ2v) is 4.76. The first kappa shape index (κ1) is 16.8. The molecule has 0 saturated carbocycles. The van der Waals surface area contributed by atoms with Gasteiger partial charge < -0.3 is 15.7 Å². The van der Waals surface area contributed by atoms with E-state index in [0.717, 1.165) is 18.9 Å². The molecule has 0 fully saturated rings. The third kappa shape index (κ3) is 4.68. The molecule has 3 nitrogen and oxygen atoms in total. The summed E-state index contributed by atoms with van der Waals surface area (Å²) in [6.45, 7) is 0.720. The van der Waals surface area contributed by atoms with Gasteiger partial charge in [-0.2, -0.15) is 13.2 Å². The SMILES string of the molecule is CN(CCCCCO)c1ccc(CN)cc1C(F)(F)F. The normalized spacial score (nSPS) is 11.7. The van der Waals surface area contributed by atoms with Gasteiger partial charge in [-0.1, -0.05) is 6.07 Å². The van der Waals surface area contributed by atoms with Crippen LogP contribution in [0.4, 0.5) is 18.9 Å². The summed E-state index contributed by atoms with van der Waals surface area (Å²) in [5.74, 6) is 0. The predicted molar refractivity (Wildman–Crippen MR) is 73.5 cm³/mol. The molecule has 0 aliphatic carbocycles. The zero-order valence-electron chi connectivity index (χ0n) is 11.6. The standard InChI is InChI=1S/C14H21F3N2O/c1-19(7-3-2-4-8-20)13-6-5-11(10-18)9-12(13)14(15,16)17/h5-6,9,20H,2-4,7-8,10,18H2,1H3. The number of nitrogens with zero attached hydrogens (tertiary/aromatic N) is 1. The summed E-state index contributed by atoms with van der Waals surface area (Å²) in [6, 6.07) is 4.20. The van der Waals surface area contributed by atoms with Crippen LogP contribution in [0.25, 0.3) is 0 Å². The summed E-state index contributed by atoms with van der Waals surface area (Å²) in [7, 11) is 1.64. The summed E-state index contributed by atoms with van der Waals surface area (Å²) in [5, 5.41) is 8.68. The number of unbranched alkanes of at least 4 members (excludes halogenated alkanes) is 2. The Kier molecular flexibility index (Phi) is 6.29. The summed E-state index contributed by atoms with van der Waals surface area (Å²) in [6.07, 6.45) is -2.18. The Morgan fingerprint density at radius 3 is 2.45 bits per heavy atom. The number of aliphatic hydroxyl groups is 1. The van der Waals surface area contributed by atoms with E-state index < -0.39 is 11.7 Å². The highest BCUT2D eigenvalue weighted by atomic mass is 19.4. The van der Waals surface area contributed by atoms with E-state index >= 15 is 0 Å². The van der Waals surface area contributed by atoms with Gasteiger partial charge in [0.25, 0.3) is 0 Å². The smallest absolute Gasteiger partial charge is 0.396 e. The number of aliphatic hydroxyl groups excluding tert-OH is 1. The molecule has 1 aromatic carbocycles. The van der Waals surface area contributed by atoms with Gasteiger partial charge in [-0.25, -0.2) is 0 Å². The number of anilines is 1. The molecule has 0 bridgehead atoms. The van der Waals surface area contributed by atoms with Crippen molar-refractivity contribution in [2.24, 2.45) is 5.73 Å². The maximum atomic E-state index is 13.1. The van der Waals surface area contributed by atoms with Crippen molar-refractivity contribution < 1.29 is 18.3 Å². The van der Waals surface area contributed by atoms with Crippen LogP contribution in [0, 0.1) is 0 Å².